The van der Waals surface area contributed by atoms with Crippen LogP contribution >= 0.6 is 7.26 Å². The molecular formula is C27H24N2OP+. The molecule has 0 heterocycles. The standard InChI is InChI=1S/C27H23N2OP/c28-21-26(29-27(30)22-13-5-1-6-14-22)31(23-15-7-2-8-16-23,24-17-9-3-10-18-24)25-19-11-4-12-20-25/h1-21H,28H2/p+1/b26-21+. The number of hydrogen-bond donors (Lipinski definition) is 2. The van der Waals surface area contributed by atoms with Crippen LogP contribution in [-0.2, 0) is 0 Å². The quantitative estimate of drug-likeness (QED) is 0.458. The van der Waals surface area contributed by atoms with Crippen LogP contribution in [0.15, 0.2) is 133 Å². The molecule has 152 valence electrons. The van der Waals surface area contributed by atoms with Crippen molar-refractivity contribution in [2.45, 2.75) is 0 Å². The molecule has 0 radical (unpaired) electrons. The summed E-state index contributed by atoms with van der Waals surface area (Å²) in [5.74, 6) is -0.176. The summed E-state index contributed by atoms with van der Waals surface area (Å²) < 4.78 is 0. The van der Waals surface area contributed by atoms with Gasteiger partial charge in [-0.15, -0.1) is 0 Å². The second-order valence-corrected chi connectivity index (χ2v) is 10.4. The van der Waals surface area contributed by atoms with E-state index in [-0.39, 0.29) is 5.91 Å². The summed E-state index contributed by atoms with van der Waals surface area (Å²) in [5, 5.41) is 6.53. The van der Waals surface area contributed by atoms with Crippen LogP contribution in [0.25, 0.3) is 0 Å². The fourth-order valence-corrected chi connectivity index (χ4v) is 7.91. The van der Waals surface area contributed by atoms with E-state index in [4.69, 9.17) is 5.73 Å². The molecule has 4 heteroatoms. The molecule has 0 aromatic heterocycles. The van der Waals surface area contributed by atoms with E-state index in [1.165, 1.54) is 0 Å². The van der Waals surface area contributed by atoms with Gasteiger partial charge in [-0.3, -0.25) is 10.1 Å². The van der Waals surface area contributed by atoms with Crippen molar-refractivity contribution >= 4 is 29.1 Å². The fraction of sp³-hybridized carbons (Fsp3) is 0. The molecule has 4 aromatic rings. The molecule has 0 fully saturated rings. The molecule has 0 aliphatic heterocycles. The third-order valence-corrected chi connectivity index (χ3v) is 9.43. The van der Waals surface area contributed by atoms with Crippen LogP contribution in [0, 0.1) is 0 Å². The zero-order chi connectivity index (χ0) is 21.5. The summed E-state index contributed by atoms with van der Waals surface area (Å²) in [5.41, 5.74) is 7.55. The molecule has 1 amide bonds. The van der Waals surface area contributed by atoms with E-state index in [0.717, 1.165) is 15.9 Å². The van der Waals surface area contributed by atoms with E-state index in [2.05, 4.69) is 41.7 Å². The second-order valence-electron chi connectivity index (χ2n) is 7.05. The first-order valence-corrected chi connectivity index (χ1v) is 11.9. The van der Waals surface area contributed by atoms with E-state index in [9.17, 15) is 4.79 Å². The summed E-state index contributed by atoms with van der Waals surface area (Å²) in [6, 6.07) is 40.1. The number of nitrogens with one attached hydrogen (secondary N) is 1. The van der Waals surface area contributed by atoms with Crippen molar-refractivity contribution in [3.63, 3.8) is 0 Å². The molecule has 0 aliphatic rings. The van der Waals surface area contributed by atoms with Crippen LogP contribution in [0.5, 0.6) is 0 Å². The van der Waals surface area contributed by atoms with Crippen molar-refractivity contribution in [1.82, 2.24) is 5.32 Å². The van der Waals surface area contributed by atoms with Crippen LogP contribution in [0.4, 0.5) is 0 Å². The monoisotopic (exact) mass is 423 g/mol. The second kappa shape index (κ2) is 9.42. The highest BCUT2D eigenvalue weighted by Gasteiger charge is 2.50. The van der Waals surface area contributed by atoms with Gasteiger partial charge in [0.25, 0.3) is 5.91 Å². The minimum atomic E-state index is -2.43. The number of carbonyl (C=O) groups is 1. The highest BCUT2D eigenvalue weighted by molar-refractivity contribution is 7.99. The topological polar surface area (TPSA) is 55.1 Å². The molecule has 4 rings (SSSR count). The molecule has 0 unspecified atom stereocenters. The zero-order valence-electron chi connectivity index (χ0n) is 17.1. The van der Waals surface area contributed by atoms with Gasteiger partial charge >= 0.3 is 0 Å². The number of rotatable bonds is 6. The van der Waals surface area contributed by atoms with Gasteiger partial charge in [0, 0.05) is 5.56 Å². The van der Waals surface area contributed by atoms with Gasteiger partial charge in [0.1, 0.15) is 15.9 Å². The van der Waals surface area contributed by atoms with Crippen LogP contribution in [0.1, 0.15) is 10.4 Å². The number of nitrogens with two attached hydrogens (primary N) is 1. The maximum atomic E-state index is 13.2. The van der Waals surface area contributed by atoms with E-state index in [1.54, 1.807) is 18.3 Å². The van der Waals surface area contributed by atoms with Crippen molar-refractivity contribution in [1.29, 1.82) is 0 Å². The van der Waals surface area contributed by atoms with Crippen LogP contribution in [0.2, 0.25) is 0 Å². The molecule has 3 nitrogen and oxygen atoms in total. The molecule has 0 atom stereocenters. The third kappa shape index (κ3) is 4.01. The Hall–Kier alpha value is -3.68. The van der Waals surface area contributed by atoms with Crippen molar-refractivity contribution in [2.75, 3.05) is 0 Å². The number of benzene rings is 4. The molecule has 0 saturated heterocycles. The molecule has 0 spiro atoms. The smallest absolute Gasteiger partial charge is 0.258 e. The number of carbonyl (C=O) groups excluding carboxylic acids is 1. The van der Waals surface area contributed by atoms with Crippen molar-refractivity contribution < 1.29 is 4.79 Å². The van der Waals surface area contributed by atoms with Crippen molar-refractivity contribution in [2.24, 2.45) is 5.73 Å². The average Bonchev–Trinajstić information content (AvgIpc) is 2.86. The Morgan fingerprint density at radius 1 is 0.613 bits per heavy atom. The molecule has 31 heavy (non-hydrogen) atoms. The van der Waals surface area contributed by atoms with E-state index in [1.807, 2.05) is 72.8 Å². The van der Waals surface area contributed by atoms with Gasteiger partial charge in [-0.05, 0) is 48.5 Å². The van der Waals surface area contributed by atoms with Gasteiger partial charge < -0.3 is 5.73 Å². The molecule has 0 bridgehead atoms. The number of amides is 1. The van der Waals surface area contributed by atoms with Crippen LogP contribution in [-0.4, -0.2) is 5.91 Å². The average molecular weight is 423 g/mol. The lowest BCUT2D eigenvalue weighted by Gasteiger charge is -2.29. The maximum Gasteiger partial charge on any atom is 0.258 e. The summed E-state index contributed by atoms with van der Waals surface area (Å²) in [6.45, 7) is 0. The Labute approximate surface area is 183 Å². The van der Waals surface area contributed by atoms with Crippen molar-refractivity contribution in [3.05, 3.63) is 139 Å². The largest absolute Gasteiger partial charge is 0.400 e. The minimum Gasteiger partial charge on any atom is -0.400 e. The molecule has 0 aliphatic carbocycles. The predicted molar refractivity (Wildman–Crippen MR) is 131 cm³/mol. The molecule has 4 aromatic carbocycles. The lowest BCUT2D eigenvalue weighted by Crippen LogP contribution is -2.38. The summed E-state index contributed by atoms with van der Waals surface area (Å²) >= 11 is 0. The lowest BCUT2D eigenvalue weighted by molar-refractivity contribution is 0.0968. The van der Waals surface area contributed by atoms with E-state index in [0.29, 0.717) is 11.0 Å². The van der Waals surface area contributed by atoms with Gasteiger partial charge in [-0.2, -0.15) is 0 Å². The SMILES string of the molecule is N/C=C(\NC(=O)c1ccccc1)[P+](c1ccccc1)(c1ccccc1)c1ccccc1. The van der Waals surface area contributed by atoms with E-state index < -0.39 is 7.26 Å². The van der Waals surface area contributed by atoms with E-state index >= 15 is 0 Å². The first-order chi connectivity index (χ1) is 15.3. The van der Waals surface area contributed by atoms with Crippen LogP contribution < -0.4 is 27.0 Å². The summed E-state index contributed by atoms with van der Waals surface area (Å²) in [7, 11) is -2.43. The Balaban J connectivity index is 1.96. The van der Waals surface area contributed by atoms with Gasteiger partial charge in [-0.25, -0.2) is 0 Å². The van der Waals surface area contributed by atoms with Crippen LogP contribution in [0.3, 0.4) is 0 Å². The van der Waals surface area contributed by atoms with Gasteiger partial charge in [0.15, 0.2) is 12.7 Å². The Bertz CT molecular complexity index is 1060. The molecule has 3 N–H and O–H groups in total. The van der Waals surface area contributed by atoms with Crippen molar-refractivity contribution in [3.8, 4) is 0 Å². The fourth-order valence-electron chi connectivity index (χ4n) is 3.83. The molecule has 0 saturated carbocycles. The van der Waals surface area contributed by atoms with Gasteiger partial charge in [0.05, 0.1) is 6.20 Å². The first-order valence-electron chi connectivity index (χ1n) is 10.1. The summed E-state index contributed by atoms with van der Waals surface area (Å²) in [6.07, 6.45) is 1.56. The zero-order valence-corrected chi connectivity index (χ0v) is 18.0. The van der Waals surface area contributed by atoms with Gasteiger partial charge in [-0.1, -0.05) is 72.8 Å². The Morgan fingerprint density at radius 3 is 1.32 bits per heavy atom. The highest BCUT2D eigenvalue weighted by Crippen LogP contribution is 2.61. The predicted octanol–water partition coefficient (Wildman–Crippen LogP) is 4.17. The Kier molecular flexibility index (Phi) is 6.26. The summed E-state index contributed by atoms with van der Waals surface area (Å²) in [4.78, 5) is 13.2. The van der Waals surface area contributed by atoms with Gasteiger partial charge in [0.2, 0.25) is 0 Å². The lowest BCUT2D eigenvalue weighted by atomic mass is 10.2. The number of hydrogen-bond acceptors (Lipinski definition) is 2. The molecular weight excluding hydrogens is 399 g/mol. The maximum absolute atomic E-state index is 13.2. The first kappa shape index (κ1) is 20.6. The normalized spacial score (nSPS) is 11.7. The highest BCUT2D eigenvalue weighted by atomic mass is 31.2. The third-order valence-electron chi connectivity index (χ3n) is 5.23. The Morgan fingerprint density at radius 2 is 0.968 bits per heavy atom. The minimum absolute atomic E-state index is 0.176.